The molecule has 0 radical (unpaired) electrons. The number of hydrogen-bond donors (Lipinski definition) is 2. The first-order valence-corrected chi connectivity index (χ1v) is 9.19. The lowest BCUT2D eigenvalue weighted by atomic mass is 9.96. The first-order chi connectivity index (χ1) is 13.2. The van der Waals surface area contributed by atoms with E-state index in [1.807, 2.05) is 23.1 Å². The van der Waals surface area contributed by atoms with Crippen LogP contribution in [0, 0.1) is 5.92 Å². The SMILES string of the molecule is OC[C@@H]1CN(c2nnnn2Cc2ccc(-c3ccccc3)cc2)CC[C@@H]1O. The van der Waals surface area contributed by atoms with Gasteiger partial charge in [-0.25, -0.2) is 4.68 Å². The molecule has 1 aliphatic rings. The standard InChI is InChI=1S/C20H23N5O2/c26-14-18-13-24(11-10-19(18)27)20-21-22-23-25(20)12-15-6-8-17(9-7-15)16-4-2-1-3-5-16/h1-9,18-19,26-27H,10-14H2/t18-,19-/m0/s1. The summed E-state index contributed by atoms with van der Waals surface area (Å²) in [5.74, 6) is 0.501. The first-order valence-electron chi connectivity index (χ1n) is 9.19. The van der Waals surface area contributed by atoms with Crippen molar-refractivity contribution < 1.29 is 10.2 Å². The van der Waals surface area contributed by atoms with Crippen LogP contribution in [-0.2, 0) is 6.54 Å². The molecule has 0 amide bonds. The number of aliphatic hydroxyl groups excluding tert-OH is 2. The van der Waals surface area contributed by atoms with Crippen LogP contribution in [0.2, 0.25) is 0 Å². The van der Waals surface area contributed by atoms with E-state index in [2.05, 4.69) is 51.9 Å². The Labute approximate surface area is 157 Å². The molecule has 0 spiro atoms. The molecule has 0 bridgehead atoms. The van der Waals surface area contributed by atoms with Gasteiger partial charge in [0.15, 0.2) is 0 Å². The van der Waals surface area contributed by atoms with Crippen molar-refractivity contribution in [2.24, 2.45) is 5.92 Å². The highest BCUT2D eigenvalue weighted by atomic mass is 16.3. The molecule has 1 aliphatic heterocycles. The van der Waals surface area contributed by atoms with Gasteiger partial charge in [-0.05, 0) is 33.5 Å². The molecule has 3 aromatic rings. The number of benzene rings is 2. The molecule has 2 N–H and O–H groups in total. The molecular weight excluding hydrogens is 342 g/mol. The van der Waals surface area contributed by atoms with E-state index in [9.17, 15) is 10.2 Å². The molecule has 0 unspecified atom stereocenters. The third-order valence-electron chi connectivity index (χ3n) is 5.12. The minimum Gasteiger partial charge on any atom is -0.396 e. The van der Waals surface area contributed by atoms with E-state index in [4.69, 9.17) is 0 Å². The second kappa shape index (κ2) is 7.85. The van der Waals surface area contributed by atoms with Gasteiger partial charge in [0.25, 0.3) is 0 Å². The summed E-state index contributed by atoms with van der Waals surface area (Å²) in [5.41, 5.74) is 3.47. The van der Waals surface area contributed by atoms with Gasteiger partial charge in [-0.2, -0.15) is 0 Å². The van der Waals surface area contributed by atoms with Crippen molar-refractivity contribution in [2.45, 2.75) is 19.1 Å². The van der Waals surface area contributed by atoms with E-state index >= 15 is 0 Å². The maximum Gasteiger partial charge on any atom is 0.245 e. The van der Waals surface area contributed by atoms with Crippen molar-refractivity contribution in [1.82, 2.24) is 20.2 Å². The number of anilines is 1. The lowest BCUT2D eigenvalue weighted by Crippen LogP contribution is -2.45. The van der Waals surface area contributed by atoms with Crippen LogP contribution in [-0.4, -0.2) is 56.2 Å². The summed E-state index contributed by atoms with van der Waals surface area (Å²) < 4.78 is 1.77. The molecule has 2 atom stereocenters. The Morgan fingerprint density at radius 1 is 1.00 bits per heavy atom. The van der Waals surface area contributed by atoms with Gasteiger partial charge in [0.05, 0.1) is 19.3 Å². The summed E-state index contributed by atoms with van der Waals surface area (Å²) in [7, 11) is 0. The number of tetrazole rings is 1. The Bertz CT molecular complexity index is 866. The molecule has 1 saturated heterocycles. The zero-order valence-electron chi connectivity index (χ0n) is 15.0. The highest BCUT2D eigenvalue weighted by molar-refractivity contribution is 5.63. The predicted molar refractivity (Wildman–Crippen MR) is 102 cm³/mol. The molecule has 4 rings (SSSR count). The molecule has 1 fully saturated rings. The number of aromatic nitrogens is 4. The fraction of sp³-hybridized carbons (Fsp3) is 0.350. The molecular formula is C20H23N5O2. The quantitative estimate of drug-likeness (QED) is 0.714. The Morgan fingerprint density at radius 3 is 2.48 bits per heavy atom. The third kappa shape index (κ3) is 3.84. The smallest absolute Gasteiger partial charge is 0.245 e. The first kappa shape index (κ1) is 17.6. The third-order valence-corrected chi connectivity index (χ3v) is 5.12. The van der Waals surface area contributed by atoms with E-state index in [-0.39, 0.29) is 12.5 Å². The van der Waals surface area contributed by atoms with Gasteiger partial charge in [0, 0.05) is 19.0 Å². The monoisotopic (exact) mass is 365 g/mol. The summed E-state index contributed by atoms with van der Waals surface area (Å²) in [6.07, 6.45) is 0.130. The Kier molecular flexibility index (Phi) is 5.13. The molecule has 27 heavy (non-hydrogen) atoms. The zero-order valence-corrected chi connectivity index (χ0v) is 15.0. The zero-order chi connectivity index (χ0) is 18.6. The number of rotatable bonds is 5. The number of aliphatic hydroxyl groups is 2. The summed E-state index contributed by atoms with van der Waals surface area (Å²) in [4.78, 5) is 2.03. The Balaban J connectivity index is 1.49. The molecule has 0 aliphatic carbocycles. The molecule has 7 nitrogen and oxygen atoms in total. The summed E-state index contributed by atoms with van der Waals surface area (Å²) in [6, 6.07) is 18.7. The normalized spacial score (nSPS) is 20.0. The van der Waals surface area contributed by atoms with E-state index in [1.54, 1.807) is 4.68 Å². The van der Waals surface area contributed by atoms with Crippen LogP contribution in [0.15, 0.2) is 54.6 Å². The highest BCUT2D eigenvalue weighted by Crippen LogP contribution is 2.23. The van der Waals surface area contributed by atoms with Crippen molar-refractivity contribution >= 4 is 5.95 Å². The van der Waals surface area contributed by atoms with Crippen molar-refractivity contribution in [3.63, 3.8) is 0 Å². The predicted octanol–water partition coefficient (Wildman–Crippen LogP) is 1.57. The topological polar surface area (TPSA) is 87.3 Å². The minimum atomic E-state index is -0.471. The van der Waals surface area contributed by atoms with Crippen LogP contribution in [0.4, 0.5) is 5.95 Å². The summed E-state index contributed by atoms with van der Waals surface area (Å²) in [5, 5.41) is 31.5. The van der Waals surface area contributed by atoms with Gasteiger partial charge in [-0.1, -0.05) is 59.7 Å². The van der Waals surface area contributed by atoms with E-state index < -0.39 is 6.10 Å². The number of nitrogens with zero attached hydrogens (tertiary/aromatic N) is 5. The van der Waals surface area contributed by atoms with Gasteiger partial charge in [-0.15, -0.1) is 0 Å². The van der Waals surface area contributed by atoms with Crippen LogP contribution >= 0.6 is 0 Å². The van der Waals surface area contributed by atoms with Crippen molar-refractivity contribution in [3.05, 3.63) is 60.2 Å². The van der Waals surface area contributed by atoms with Gasteiger partial charge in [0.1, 0.15) is 0 Å². The average molecular weight is 365 g/mol. The molecule has 7 heteroatoms. The molecule has 2 heterocycles. The van der Waals surface area contributed by atoms with Crippen LogP contribution in [0.5, 0.6) is 0 Å². The average Bonchev–Trinajstić information content (AvgIpc) is 3.18. The fourth-order valence-corrected chi connectivity index (χ4v) is 3.52. The summed E-state index contributed by atoms with van der Waals surface area (Å²) in [6.45, 7) is 1.75. The summed E-state index contributed by atoms with van der Waals surface area (Å²) >= 11 is 0. The maximum absolute atomic E-state index is 9.96. The minimum absolute atomic E-state index is 0.0415. The Hall–Kier alpha value is -2.77. The van der Waals surface area contributed by atoms with Crippen LogP contribution in [0.3, 0.4) is 0 Å². The van der Waals surface area contributed by atoms with Crippen molar-refractivity contribution in [2.75, 3.05) is 24.6 Å². The molecule has 0 saturated carbocycles. The number of hydrogen-bond acceptors (Lipinski definition) is 6. The lowest BCUT2D eigenvalue weighted by Gasteiger charge is -2.35. The van der Waals surface area contributed by atoms with E-state index in [1.165, 1.54) is 11.1 Å². The van der Waals surface area contributed by atoms with Crippen molar-refractivity contribution in [3.8, 4) is 11.1 Å². The molecule has 2 aromatic carbocycles. The molecule has 140 valence electrons. The van der Waals surface area contributed by atoms with Crippen LogP contribution in [0.1, 0.15) is 12.0 Å². The second-order valence-corrected chi connectivity index (χ2v) is 6.94. The number of piperidine rings is 1. The van der Waals surface area contributed by atoms with Gasteiger partial charge in [-0.3, -0.25) is 0 Å². The van der Waals surface area contributed by atoms with Crippen molar-refractivity contribution in [1.29, 1.82) is 0 Å². The van der Waals surface area contributed by atoms with Gasteiger partial charge >= 0.3 is 0 Å². The maximum atomic E-state index is 9.96. The highest BCUT2D eigenvalue weighted by Gasteiger charge is 2.29. The van der Waals surface area contributed by atoms with Gasteiger partial charge < -0.3 is 15.1 Å². The Morgan fingerprint density at radius 2 is 1.74 bits per heavy atom. The van der Waals surface area contributed by atoms with Crippen LogP contribution in [0.25, 0.3) is 11.1 Å². The fourth-order valence-electron chi connectivity index (χ4n) is 3.52. The lowest BCUT2D eigenvalue weighted by molar-refractivity contribution is 0.0520. The largest absolute Gasteiger partial charge is 0.396 e. The second-order valence-electron chi connectivity index (χ2n) is 6.94. The van der Waals surface area contributed by atoms with E-state index in [0.29, 0.717) is 32.0 Å². The molecule has 1 aromatic heterocycles. The van der Waals surface area contributed by atoms with Crippen LogP contribution < -0.4 is 4.90 Å². The van der Waals surface area contributed by atoms with Gasteiger partial charge in [0.2, 0.25) is 5.95 Å². The van der Waals surface area contributed by atoms with E-state index in [0.717, 1.165) is 5.56 Å².